The molecule has 0 radical (unpaired) electrons. The number of aliphatic hydroxyl groups is 1. The predicted molar refractivity (Wildman–Crippen MR) is 114 cm³/mol. The van der Waals surface area contributed by atoms with Crippen LogP contribution in [0, 0.1) is 0 Å². The second-order valence-corrected chi connectivity index (χ2v) is 7.46. The lowest BCUT2D eigenvalue weighted by Crippen LogP contribution is -2.36. The summed E-state index contributed by atoms with van der Waals surface area (Å²) in [5.74, 6) is 1.45. The molecule has 150 valence electrons. The minimum atomic E-state index is -0.641. The van der Waals surface area contributed by atoms with Gasteiger partial charge in [0, 0.05) is 19.1 Å². The average molecular weight is 389 g/mol. The molecule has 0 amide bonds. The molecule has 29 heavy (non-hydrogen) atoms. The van der Waals surface area contributed by atoms with Crippen LogP contribution < -0.4 is 9.47 Å². The van der Waals surface area contributed by atoms with Crippen LogP contribution in [0.25, 0.3) is 0 Å². The molecule has 0 aromatic heterocycles. The number of nitrogens with zero attached hydrogens (tertiary/aromatic N) is 1. The van der Waals surface area contributed by atoms with E-state index in [4.69, 9.17) is 9.47 Å². The van der Waals surface area contributed by atoms with Crippen molar-refractivity contribution in [1.82, 2.24) is 4.90 Å². The summed E-state index contributed by atoms with van der Waals surface area (Å²) in [4.78, 5) is 2.31. The summed E-state index contributed by atoms with van der Waals surface area (Å²) >= 11 is 0. The smallest absolute Gasteiger partial charge is 0.161 e. The molecule has 2 atom stereocenters. The molecule has 0 aliphatic carbocycles. The van der Waals surface area contributed by atoms with Gasteiger partial charge in [-0.15, -0.1) is 0 Å². The molecule has 4 rings (SSSR count). The summed E-state index contributed by atoms with van der Waals surface area (Å²) in [5.41, 5.74) is 3.29. The van der Waals surface area contributed by atoms with Crippen LogP contribution in [-0.2, 0) is 13.1 Å². The number of fused-ring (bicyclic) bond motifs is 1. The van der Waals surface area contributed by atoms with E-state index in [2.05, 4.69) is 60.4 Å². The molecule has 1 aliphatic rings. The van der Waals surface area contributed by atoms with E-state index in [0.29, 0.717) is 19.0 Å². The van der Waals surface area contributed by atoms with Crippen molar-refractivity contribution in [1.29, 1.82) is 0 Å². The lowest BCUT2D eigenvalue weighted by molar-refractivity contribution is 0.0480. The van der Waals surface area contributed by atoms with Gasteiger partial charge in [-0.1, -0.05) is 66.7 Å². The monoisotopic (exact) mass is 389 g/mol. The van der Waals surface area contributed by atoms with Gasteiger partial charge in [0.2, 0.25) is 0 Å². The van der Waals surface area contributed by atoms with E-state index in [-0.39, 0.29) is 6.04 Å². The van der Waals surface area contributed by atoms with Crippen molar-refractivity contribution in [2.45, 2.75) is 32.2 Å². The van der Waals surface area contributed by atoms with E-state index in [1.54, 1.807) is 0 Å². The fourth-order valence-corrected chi connectivity index (χ4v) is 3.70. The number of hydrogen-bond donors (Lipinski definition) is 1. The fourth-order valence-electron chi connectivity index (χ4n) is 3.70. The van der Waals surface area contributed by atoms with Crippen LogP contribution in [0.1, 0.15) is 29.7 Å². The van der Waals surface area contributed by atoms with E-state index < -0.39 is 6.10 Å². The zero-order valence-corrected chi connectivity index (χ0v) is 16.7. The van der Waals surface area contributed by atoms with E-state index in [9.17, 15) is 5.11 Å². The molecule has 0 saturated heterocycles. The van der Waals surface area contributed by atoms with Crippen LogP contribution >= 0.6 is 0 Å². The van der Waals surface area contributed by atoms with E-state index in [1.165, 1.54) is 11.1 Å². The fraction of sp³-hybridized carbons (Fsp3) is 0.280. The Morgan fingerprint density at radius 2 is 1.34 bits per heavy atom. The Labute approximate surface area is 172 Å². The van der Waals surface area contributed by atoms with Gasteiger partial charge in [-0.25, -0.2) is 0 Å². The molecule has 0 saturated carbocycles. The number of hydrogen-bond acceptors (Lipinski definition) is 4. The van der Waals surface area contributed by atoms with Gasteiger partial charge in [0.1, 0.15) is 13.2 Å². The van der Waals surface area contributed by atoms with Crippen LogP contribution in [-0.4, -0.2) is 29.3 Å². The van der Waals surface area contributed by atoms with Crippen molar-refractivity contribution < 1.29 is 14.6 Å². The minimum Gasteiger partial charge on any atom is -0.486 e. The highest BCUT2D eigenvalue weighted by atomic mass is 16.6. The number of benzene rings is 3. The van der Waals surface area contributed by atoms with Crippen molar-refractivity contribution >= 4 is 0 Å². The molecule has 4 nitrogen and oxygen atoms in total. The van der Waals surface area contributed by atoms with Crippen LogP contribution in [0.2, 0.25) is 0 Å². The highest BCUT2D eigenvalue weighted by molar-refractivity contribution is 5.44. The quantitative estimate of drug-likeness (QED) is 0.642. The number of aliphatic hydroxyl groups excluding tert-OH is 1. The van der Waals surface area contributed by atoms with Gasteiger partial charge < -0.3 is 14.6 Å². The molecule has 0 bridgehead atoms. The van der Waals surface area contributed by atoms with Gasteiger partial charge >= 0.3 is 0 Å². The Kier molecular flexibility index (Phi) is 6.13. The lowest BCUT2D eigenvalue weighted by atomic mass is 10.00. The van der Waals surface area contributed by atoms with Gasteiger partial charge in [-0.05, 0) is 35.7 Å². The Balaban J connectivity index is 1.56. The Hall–Kier alpha value is -2.82. The van der Waals surface area contributed by atoms with Gasteiger partial charge in [0.05, 0.1) is 6.10 Å². The van der Waals surface area contributed by atoms with Crippen LogP contribution in [0.3, 0.4) is 0 Å². The van der Waals surface area contributed by atoms with Crippen molar-refractivity contribution in [2.24, 2.45) is 0 Å². The summed E-state index contributed by atoms with van der Waals surface area (Å²) < 4.78 is 11.3. The molecule has 3 aromatic carbocycles. The third-order valence-electron chi connectivity index (χ3n) is 5.40. The van der Waals surface area contributed by atoms with Gasteiger partial charge in [-0.2, -0.15) is 0 Å². The first-order valence-corrected chi connectivity index (χ1v) is 10.1. The molecule has 1 aliphatic heterocycles. The SMILES string of the molecule is C[C@@H]([C@H](O)c1ccc2c(c1)OCCO2)N(Cc1ccccc1)Cc1ccccc1. The highest BCUT2D eigenvalue weighted by Gasteiger charge is 2.25. The summed E-state index contributed by atoms with van der Waals surface area (Å²) in [7, 11) is 0. The van der Waals surface area contributed by atoms with Crippen molar-refractivity contribution in [2.75, 3.05) is 13.2 Å². The first kappa shape index (κ1) is 19.5. The van der Waals surface area contributed by atoms with Gasteiger partial charge in [0.15, 0.2) is 11.5 Å². The summed E-state index contributed by atoms with van der Waals surface area (Å²) in [6.07, 6.45) is -0.641. The number of rotatable bonds is 7. The van der Waals surface area contributed by atoms with Gasteiger partial charge in [-0.3, -0.25) is 4.90 Å². The van der Waals surface area contributed by atoms with Crippen molar-refractivity contribution in [3.05, 3.63) is 95.6 Å². The lowest BCUT2D eigenvalue weighted by Gasteiger charge is -2.33. The number of ether oxygens (including phenoxy) is 2. The topological polar surface area (TPSA) is 41.9 Å². The largest absolute Gasteiger partial charge is 0.486 e. The maximum absolute atomic E-state index is 11.2. The second kappa shape index (κ2) is 9.12. The van der Waals surface area contributed by atoms with Crippen molar-refractivity contribution in [3.63, 3.8) is 0 Å². The summed E-state index contributed by atoms with van der Waals surface area (Å²) in [5, 5.41) is 11.2. The molecule has 1 heterocycles. The summed E-state index contributed by atoms with van der Waals surface area (Å²) in [6, 6.07) is 26.4. The van der Waals surface area contributed by atoms with E-state index >= 15 is 0 Å². The average Bonchev–Trinajstić information content (AvgIpc) is 2.79. The normalized spacial score (nSPS) is 15.1. The Morgan fingerprint density at radius 1 is 0.793 bits per heavy atom. The minimum absolute atomic E-state index is 0.0852. The highest BCUT2D eigenvalue weighted by Crippen LogP contribution is 2.34. The molecular formula is C25H27NO3. The van der Waals surface area contributed by atoms with Crippen molar-refractivity contribution in [3.8, 4) is 11.5 Å². The van der Waals surface area contributed by atoms with E-state index in [0.717, 1.165) is 24.4 Å². The zero-order chi connectivity index (χ0) is 20.1. The zero-order valence-electron chi connectivity index (χ0n) is 16.7. The maximum Gasteiger partial charge on any atom is 0.161 e. The predicted octanol–water partition coefficient (Wildman–Crippen LogP) is 4.58. The third-order valence-corrected chi connectivity index (χ3v) is 5.40. The Bertz CT molecular complexity index is 872. The first-order valence-electron chi connectivity index (χ1n) is 10.1. The van der Waals surface area contributed by atoms with Crippen LogP contribution in [0.4, 0.5) is 0 Å². The molecule has 0 spiro atoms. The molecule has 4 heteroatoms. The molecule has 0 fully saturated rings. The Morgan fingerprint density at radius 3 is 1.93 bits per heavy atom. The van der Waals surface area contributed by atoms with Crippen LogP contribution in [0.15, 0.2) is 78.9 Å². The van der Waals surface area contributed by atoms with E-state index in [1.807, 2.05) is 30.3 Å². The van der Waals surface area contributed by atoms with Gasteiger partial charge in [0.25, 0.3) is 0 Å². The molecular weight excluding hydrogens is 362 g/mol. The van der Waals surface area contributed by atoms with Crippen LogP contribution in [0.5, 0.6) is 11.5 Å². The molecule has 3 aromatic rings. The third kappa shape index (κ3) is 4.78. The molecule has 0 unspecified atom stereocenters. The summed E-state index contributed by atoms with van der Waals surface area (Å²) in [6.45, 7) is 4.70. The first-order chi connectivity index (χ1) is 14.2. The second-order valence-electron chi connectivity index (χ2n) is 7.46. The molecule has 1 N–H and O–H groups in total. The maximum atomic E-state index is 11.2. The standard InChI is InChI=1S/C25H27NO3/c1-19(25(27)22-12-13-23-24(16-22)29-15-14-28-23)26(17-20-8-4-2-5-9-20)18-21-10-6-3-7-11-21/h2-13,16,19,25,27H,14-15,17-18H2,1H3/t19-,25-/m0/s1.